The number of benzene rings is 2. The number of urea groups is 1. The predicted octanol–water partition coefficient (Wildman–Crippen LogP) is 3.51. The molecule has 0 saturated heterocycles. The molecule has 0 aliphatic heterocycles. The zero-order valence-electron chi connectivity index (χ0n) is 13.2. The molecule has 0 atom stereocenters. The number of aryl methyl sites for hydroxylation is 1. The highest BCUT2D eigenvalue weighted by Crippen LogP contribution is 2.15. The Morgan fingerprint density at radius 1 is 1.00 bits per heavy atom. The fourth-order valence-electron chi connectivity index (χ4n) is 2.16. The lowest BCUT2D eigenvalue weighted by molar-refractivity contribution is 0.252. The lowest BCUT2D eigenvalue weighted by atomic mass is 10.1. The van der Waals surface area contributed by atoms with Gasteiger partial charge in [-0.15, -0.1) is 0 Å². The Hall–Kier alpha value is -2.49. The maximum Gasteiger partial charge on any atom is 0.319 e. The van der Waals surface area contributed by atoms with Gasteiger partial charge in [0.1, 0.15) is 0 Å². The summed E-state index contributed by atoms with van der Waals surface area (Å²) in [5, 5.41) is 5.72. The maximum atomic E-state index is 11.8. The van der Waals surface area contributed by atoms with Crippen LogP contribution in [-0.4, -0.2) is 26.7 Å². The van der Waals surface area contributed by atoms with E-state index in [0.717, 1.165) is 24.2 Å². The molecule has 0 aromatic heterocycles. The minimum atomic E-state index is -0.161. The number of nitrogens with one attached hydrogen (secondary N) is 2. The Morgan fingerprint density at radius 2 is 1.68 bits per heavy atom. The molecule has 4 heteroatoms. The third-order valence-electron chi connectivity index (χ3n) is 3.41. The minimum Gasteiger partial charge on any atom is -0.378 e. The number of carbonyl (C=O) groups is 1. The first kappa shape index (κ1) is 15.9. The van der Waals surface area contributed by atoms with Gasteiger partial charge in [-0.2, -0.15) is 0 Å². The van der Waals surface area contributed by atoms with Gasteiger partial charge in [0.05, 0.1) is 0 Å². The largest absolute Gasteiger partial charge is 0.378 e. The topological polar surface area (TPSA) is 44.4 Å². The third kappa shape index (κ3) is 5.13. The molecule has 2 amide bonds. The van der Waals surface area contributed by atoms with Gasteiger partial charge in [-0.05, 0) is 42.7 Å². The Kier molecular flexibility index (Phi) is 5.83. The quantitative estimate of drug-likeness (QED) is 0.801. The van der Waals surface area contributed by atoms with Crippen molar-refractivity contribution in [3.8, 4) is 0 Å². The second-order valence-corrected chi connectivity index (χ2v) is 5.41. The molecule has 2 rings (SSSR count). The lowest BCUT2D eigenvalue weighted by Gasteiger charge is -2.13. The molecule has 0 bridgehead atoms. The summed E-state index contributed by atoms with van der Waals surface area (Å²) in [4.78, 5) is 13.8. The van der Waals surface area contributed by atoms with Gasteiger partial charge >= 0.3 is 6.03 Å². The van der Waals surface area contributed by atoms with Crippen LogP contribution >= 0.6 is 0 Å². The number of rotatable bonds is 6. The van der Waals surface area contributed by atoms with Crippen molar-refractivity contribution in [1.29, 1.82) is 0 Å². The molecule has 0 saturated carbocycles. The number of hydrogen-bond donors (Lipinski definition) is 2. The molecule has 22 heavy (non-hydrogen) atoms. The van der Waals surface area contributed by atoms with E-state index in [0.29, 0.717) is 6.54 Å². The van der Waals surface area contributed by atoms with Gasteiger partial charge in [0.25, 0.3) is 0 Å². The Labute approximate surface area is 132 Å². The zero-order chi connectivity index (χ0) is 15.8. The van der Waals surface area contributed by atoms with Crippen LogP contribution in [0.1, 0.15) is 12.0 Å². The normalized spacial score (nSPS) is 10.1. The fourth-order valence-corrected chi connectivity index (χ4v) is 2.16. The van der Waals surface area contributed by atoms with E-state index >= 15 is 0 Å². The van der Waals surface area contributed by atoms with Crippen molar-refractivity contribution in [2.45, 2.75) is 12.8 Å². The zero-order valence-corrected chi connectivity index (χ0v) is 13.2. The second kappa shape index (κ2) is 8.08. The van der Waals surface area contributed by atoms with E-state index in [1.807, 2.05) is 61.5 Å². The number of anilines is 2. The van der Waals surface area contributed by atoms with Gasteiger partial charge in [0.15, 0.2) is 0 Å². The lowest BCUT2D eigenvalue weighted by Crippen LogP contribution is -2.29. The van der Waals surface area contributed by atoms with Crippen LogP contribution in [0.25, 0.3) is 0 Å². The molecule has 0 radical (unpaired) electrons. The monoisotopic (exact) mass is 297 g/mol. The molecule has 0 unspecified atom stereocenters. The molecular weight excluding hydrogens is 274 g/mol. The molecule has 116 valence electrons. The molecule has 2 aromatic rings. The summed E-state index contributed by atoms with van der Waals surface area (Å²) in [7, 11) is 3.98. The summed E-state index contributed by atoms with van der Waals surface area (Å²) >= 11 is 0. The molecule has 0 aliphatic carbocycles. The van der Waals surface area contributed by atoms with Gasteiger partial charge in [-0.3, -0.25) is 0 Å². The highest BCUT2D eigenvalue weighted by Gasteiger charge is 2.02. The van der Waals surface area contributed by atoms with E-state index in [1.165, 1.54) is 5.56 Å². The van der Waals surface area contributed by atoms with E-state index in [-0.39, 0.29) is 6.03 Å². The van der Waals surface area contributed by atoms with E-state index in [1.54, 1.807) is 0 Å². The highest BCUT2D eigenvalue weighted by atomic mass is 16.2. The number of amides is 2. The van der Waals surface area contributed by atoms with Crippen LogP contribution in [-0.2, 0) is 6.42 Å². The highest BCUT2D eigenvalue weighted by molar-refractivity contribution is 5.89. The van der Waals surface area contributed by atoms with Crippen LogP contribution in [0.5, 0.6) is 0 Å². The summed E-state index contributed by atoms with van der Waals surface area (Å²) in [6.45, 7) is 0.663. The van der Waals surface area contributed by atoms with Gasteiger partial charge in [-0.1, -0.05) is 30.3 Å². The Bertz CT molecular complexity index is 579. The summed E-state index contributed by atoms with van der Waals surface area (Å²) in [6.07, 6.45) is 1.90. The van der Waals surface area contributed by atoms with Crippen molar-refractivity contribution in [3.05, 3.63) is 60.2 Å². The molecule has 2 aromatic carbocycles. The molecule has 0 aliphatic rings. The maximum absolute atomic E-state index is 11.8. The number of carbonyl (C=O) groups excluding carboxylic acids is 1. The van der Waals surface area contributed by atoms with Crippen molar-refractivity contribution in [1.82, 2.24) is 5.32 Å². The van der Waals surface area contributed by atoms with Crippen molar-refractivity contribution in [2.75, 3.05) is 30.9 Å². The van der Waals surface area contributed by atoms with Crippen LogP contribution in [0, 0.1) is 0 Å². The number of nitrogens with zero attached hydrogens (tertiary/aromatic N) is 1. The number of hydrogen-bond acceptors (Lipinski definition) is 2. The van der Waals surface area contributed by atoms with E-state index in [9.17, 15) is 4.79 Å². The first-order chi connectivity index (χ1) is 10.6. The first-order valence-corrected chi connectivity index (χ1v) is 7.51. The molecule has 0 spiro atoms. The first-order valence-electron chi connectivity index (χ1n) is 7.51. The summed E-state index contributed by atoms with van der Waals surface area (Å²) in [5.74, 6) is 0. The summed E-state index contributed by atoms with van der Waals surface area (Å²) in [6, 6.07) is 17.9. The van der Waals surface area contributed by atoms with E-state index in [2.05, 4.69) is 22.8 Å². The van der Waals surface area contributed by atoms with Gasteiger partial charge in [0.2, 0.25) is 0 Å². The predicted molar refractivity (Wildman–Crippen MR) is 92.6 cm³/mol. The van der Waals surface area contributed by atoms with Crippen molar-refractivity contribution in [2.24, 2.45) is 0 Å². The molecule has 0 heterocycles. The van der Waals surface area contributed by atoms with E-state index < -0.39 is 0 Å². The van der Waals surface area contributed by atoms with Gasteiger partial charge in [-0.25, -0.2) is 4.79 Å². The van der Waals surface area contributed by atoms with Crippen molar-refractivity contribution < 1.29 is 4.79 Å². The Balaban J connectivity index is 1.69. The van der Waals surface area contributed by atoms with Crippen molar-refractivity contribution >= 4 is 17.4 Å². The average molecular weight is 297 g/mol. The minimum absolute atomic E-state index is 0.161. The van der Waals surface area contributed by atoms with Gasteiger partial charge in [0, 0.05) is 32.0 Å². The van der Waals surface area contributed by atoms with Crippen LogP contribution in [0.15, 0.2) is 54.6 Å². The molecule has 2 N–H and O–H groups in total. The smallest absolute Gasteiger partial charge is 0.319 e. The standard InChI is InChI=1S/C18H23N3O/c1-21(2)17-12-10-16(11-13-17)20-18(22)19-14-6-9-15-7-4-3-5-8-15/h3-5,7-8,10-13H,6,9,14H2,1-2H3,(H2,19,20,22). The second-order valence-electron chi connectivity index (χ2n) is 5.41. The summed E-state index contributed by atoms with van der Waals surface area (Å²) in [5.41, 5.74) is 3.20. The van der Waals surface area contributed by atoms with Crippen molar-refractivity contribution in [3.63, 3.8) is 0 Å². The van der Waals surface area contributed by atoms with Crippen LogP contribution in [0.4, 0.5) is 16.2 Å². The van der Waals surface area contributed by atoms with Gasteiger partial charge < -0.3 is 15.5 Å². The van der Waals surface area contributed by atoms with Crippen LogP contribution in [0.2, 0.25) is 0 Å². The van der Waals surface area contributed by atoms with E-state index in [4.69, 9.17) is 0 Å². The van der Waals surface area contributed by atoms with Crippen LogP contribution < -0.4 is 15.5 Å². The van der Waals surface area contributed by atoms with Crippen LogP contribution in [0.3, 0.4) is 0 Å². The molecule has 0 fully saturated rings. The third-order valence-corrected chi connectivity index (χ3v) is 3.41. The SMILES string of the molecule is CN(C)c1ccc(NC(=O)NCCCc2ccccc2)cc1. The Morgan fingerprint density at radius 3 is 2.32 bits per heavy atom. The molecule has 4 nitrogen and oxygen atoms in total. The average Bonchev–Trinajstić information content (AvgIpc) is 2.53. The summed E-state index contributed by atoms with van der Waals surface area (Å²) < 4.78 is 0. The fraction of sp³-hybridized carbons (Fsp3) is 0.278. The molecular formula is C18H23N3O.